The number of rotatable bonds is 6. The van der Waals surface area contributed by atoms with Gasteiger partial charge in [0.1, 0.15) is 12.3 Å². The molecule has 6 nitrogen and oxygen atoms in total. The second-order valence-corrected chi connectivity index (χ2v) is 5.22. The lowest BCUT2D eigenvalue weighted by Crippen LogP contribution is -2.44. The third-order valence-corrected chi connectivity index (χ3v) is 3.78. The Hall–Kier alpha value is -0.760. The molecule has 0 bridgehead atoms. The summed E-state index contributed by atoms with van der Waals surface area (Å²) in [5.74, 6) is 1.44. The van der Waals surface area contributed by atoms with Crippen LogP contribution in [0.4, 0.5) is 9.59 Å². The quantitative estimate of drug-likeness (QED) is 0.533. The largest absolute Gasteiger partial charge is 0.320 e. The Morgan fingerprint density at radius 1 is 0.889 bits per heavy atom. The van der Waals surface area contributed by atoms with Crippen molar-refractivity contribution in [2.45, 2.75) is 25.2 Å². The molecule has 0 aromatic rings. The van der Waals surface area contributed by atoms with E-state index in [1.54, 1.807) is 9.80 Å². The number of carbonyl (C=O) groups excluding carboxylic acids is 2. The highest BCUT2D eigenvalue weighted by Crippen LogP contribution is 2.21. The van der Waals surface area contributed by atoms with E-state index in [1.807, 2.05) is 0 Å². The van der Waals surface area contributed by atoms with Crippen molar-refractivity contribution >= 4 is 37.3 Å². The lowest BCUT2D eigenvalue weighted by Gasteiger charge is -2.21. The first-order valence-electron chi connectivity index (χ1n) is 6.05. The average Bonchev–Trinajstić information content (AvgIpc) is 2.79. The van der Waals surface area contributed by atoms with Gasteiger partial charge in [-0.25, -0.2) is 9.59 Å². The second kappa shape index (κ2) is 5.92. The van der Waals surface area contributed by atoms with E-state index < -0.39 is 0 Å². The number of nitrogens with zero attached hydrogens (tertiary/aromatic N) is 2. The Bertz CT molecular complexity index is 310. The SMILES string of the molecule is O=C1NC2C(NC(=O)N2CCCS)N1CCCS. The number of fused-ring (bicyclic) bond motifs is 1. The Morgan fingerprint density at radius 2 is 1.28 bits per heavy atom. The molecule has 8 heteroatoms. The molecule has 0 saturated carbocycles. The van der Waals surface area contributed by atoms with Gasteiger partial charge in [0.05, 0.1) is 0 Å². The predicted octanol–water partition coefficient (Wildman–Crippen LogP) is 0.329. The van der Waals surface area contributed by atoms with Crippen LogP contribution in [0.25, 0.3) is 0 Å². The van der Waals surface area contributed by atoms with Crippen LogP contribution in [0, 0.1) is 0 Å². The third-order valence-electron chi connectivity index (χ3n) is 3.15. The van der Waals surface area contributed by atoms with Gasteiger partial charge in [-0.2, -0.15) is 25.3 Å². The summed E-state index contributed by atoms with van der Waals surface area (Å²) in [6.07, 6.45) is 1.10. The number of amides is 4. The van der Waals surface area contributed by atoms with Gasteiger partial charge < -0.3 is 20.4 Å². The maximum atomic E-state index is 11.8. The molecule has 2 aliphatic heterocycles. The third kappa shape index (κ3) is 2.49. The van der Waals surface area contributed by atoms with Crippen LogP contribution in [0.3, 0.4) is 0 Å². The highest BCUT2D eigenvalue weighted by molar-refractivity contribution is 7.80. The molecule has 2 heterocycles. The van der Waals surface area contributed by atoms with Gasteiger partial charge in [0, 0.05) is 13.1 Å². The molecule has 2 fully saturated rings. The second-order valence-electron chi connectivity index (χ2n) is 4.33. The summed E-state index contributed by atoms with van der Waals surface area (Å²) in [7, 11) is 0. The van der Waals surface area contributed by atoms with Crippen LogP contribution in [0.15, 0.2) is 0 Å². The molecule has 2 rings (SSSR count). The molecule has 2 N–H and O–H groups in total. The number of nitrogens with one attached hydrogen (secondary N) is 2. The van der Waals surface area contributed by atoms with Crippen LogP contribution in [0.2, 0.25) is 0 Å². The van der Waals surface area contributed by atoms with Crippen molar-refractivity contribution in [3.63, 3.8) is 0 Å². The van der Waals surface area contributed by atoms with Crippen LogP contribution in [-0.2, 0) is 0 Å². The van der Waals surface area contributed by atoms with Gasteiger partial charge in [0.25, 0.3) is 0 Å². The zero-order valence-electron chi connectivity index (χ0n) is 10.0. The predicted molar refractivity (Wildman–Crippen MR) is 75.0 cm³/mol. The monoisotopic (exact) mass is 290 g/mol. The van der Waals surface area contributed by atoms with Crippen LogP contribution in [0.1, 0.15) is 12.8 Å². The maximum absolute atomic E-state index is 11.8. The van der Waals surface area contributed by atoms with Crippen molar-refractivity contribution < 1.29 is 9.59 Å². The molecule has 0 aromatic heterocycles. The van der Waals surface area contributed by atoms with E-state index >= 15 is 0 Å². The van der Waals surface area contributed by atoms with E-state index in [0.717, 1.165) is 24.3 Å². The summed E-state index contributed by atoms with van der Waals surface area (Å²) in [6, 6.07) is -0.245. The zero-order chi connectivity index (χ0) is 13.1. The van der Waals surface area contributed by atoms with Crippen LogP contribution in [-0.4, -0.2) is 58.8 Å². The molecule has 0 aliphatic carbocycles. The number of carbonyl (C=O) groups is 2. The fourth-order valence-corrected chi connectivity index (χ4v) is 2.57. The van der Waals surface area contributed by atoms with Crippen LogP contribution in [0.5, 0.6) is 0 Å². The van der Waals surface area contributed by atoms with E-state index in [2.05, 4.69) is 35.9 Å². The number of urea groups is 2. The minimum absolute atomic E-state index is 0.123. The van der Waals surface area contributed by atoms with Gasteiger partial charge in [-0.1, -0.05) is 0 Å². The first kappa shape index (κ1) is 13.7. The van der Waals surface area contributed by atoms with E-state index in [9.17, 15) is 9.59 Å². The number of hydrogen-bond donors (Lipinski definition) is 4. The summed E-state index contributed by atoms with van der Waals surface area (Å²) in [6.45, 7) is 1.22. The molecule has 2 saturated heterocycles. The van der Waals surface area contributed by atoms with E-state index in [4.69, 9.17) is 0 Å². The normalized spacial score (nSPS) is 26.3. The van der Waals surface area contributed by atoms with Gasteiger partial charge in [0.15, 0.2) is 0 Å². The lowest BCUT2D eigenvalue weighted by molar-refractivity contribution is 0.196. The van der Waals surface area contributed by atoms with Crippen molar-refractivity contribution in [3.05, 3.63) is 0 Å². The molecule has 0 spiro atoms. The van der Waals surface area contributed by atoms with Crippen molar-refractivity contribution in [2.24, 2.45) is 0 Å². The molecule has 2 aliphatic rings. The summed E-state index contributed by atoms with van der Waals surface area (Å²) in [5, 5.41) is 5.69. The first-order valence-corrected chi connectivity index (χ1v) is 7.31. The standard InChI is InChI=1S/C10H18N4O2S2/c15-9-12-8-7(13(9)3-1-5-17)11-10(16)14(8)4-2-6-18/h7-8,17-18H,1-6H2,(H,11,16)(H,12,15). The summed E-state index contributed by atoms with van der Waals surface area (Å²) in [4.78, 5) is 27.0. The van der Waals surface area contributed by atoms with Gasteiger partial charge in [-0.15, -0.1) is 0 Å². The number of hydrogen-bond acceptors (Lipinski definition) is 4. The maximum Gasteiger partial charge on any atom is 0.320 e. The highest BCUT2D eigenvalue weighted by atomic mass is 32.1. The van der Waals surface area contributed by atoms with Gasteiger partial charge in [0.2, 0.25) is 0 Å². The number of thiol groups is 2. The van der Waals surface area contributed by atoms with Gasteiger partial charge in [-0.05, 0) is 24.3 Å². The summed E-state index contributed by atoms with van der Waals surface area (Å²) >= 11 is 8.27. The molecule has 102 valence electrons. The Balaban J connectivity index is 2.01. The molecule has 0 radical (unpaired) electrons. The Morgan fingerprint density at radius 3 is 1.61 bits per heavy atom. The first-order chi connectivity index (χ1) is 8.69. The fraction of sp³-hybridized carbons (Fsp3) is 0.800. The van der Waals surface area contributed by atoms with Crippen molar-refractivity contribution in [3.8, 4) is 0 Å². The van der Waals surface area contributed by atoms with Crippen molar-refractivity contribution in [1.29, 1.82) is 0 Å². The Labute approximate surface area is 117 Å². The molecule has 2 atom stereocenters. The van der Waals surface area contributed by atoms with E-state index in [1.165, 1.54) is 0 Å². The van der Waals surface area contributed by atoms with Gasteiger partial charge >= 0.3 is 12.1 Å². The Kier molecular flexibility index (Phi) is 4.50. The molecule has 2 unspecified atom stereocenters. The fourth-order valence-electron chi connectivity index (χ4n) is 2.29. The molecule has 18 heavy (non-hydrogen) atoms. The summed E-state index contributed by atoms with van der Waals surface area (Å²) < 4.78 is 0. The molecular weight excluding hydrogens is 272 g/mol. The topological polar surface area (TPSA) is 64.7 Å². The van der Waals surface area contributed by atoms with Gasteiger partial charge in [-0.3, -0.25) is 0 Å². The summed E-state index contributed by atoms with van der Waals surface area (Å²) in [5.41, 5.74) is 0. The van der Waals surface area contributed by atoms with Crippen LogP contribution >= 0.6 is 25.3 Å². The minimum Gasteiger partial charge on any atom is -0.314 e. The zero-order valence-corrected chi connectivity index (χ0v) is 11.8. The average molecular weight is 290 g/mol. The van der Waals surface area contributed by atoms with Crippen molar-refractivity contribution in [1.82, 2.24) is 20.4 Å². The van der Waals surface area contributed by atoms with Crippen molar-refractivity contribution in [2.75, 3.05) is 24.6 Å². The van der Waals surface area contributed by atoms with E-state index in [0.29, 0.717) is 13.1 Å². The lowest BCUT2D eigenvalue weighted by atomic mass is 10.3. The highest BCUT2D eigenvalue weighted by Gasteiger charge is 2.49. The minimum atomic E-state index is -0.259. The molecular formula is C10H18N4O2S2. The smallest absolute Gasteiger partial charge is 0.314 e. The van der Waals surface area contributed by atoms with Crippen LogP contribution < -0.4 is 10.6 Å². The molecule has 4 amide bonds. The molecule has 0 aromatic carbocycles. The van der Waals surface area contributed by atoms with E-state index in [-0.39, 0.29) is 24.4 Å².